The van der Waals surface area contributed by atoms with Crippen LogP contribution >= 0.6 is 0 Å². The van der Waals surface area contributed by atoms with Gasteiger partial charge in [0.05, 0.1) is 6.04 Å². The van der Waals surface area contributed by atoms with Crippen LogP contribution in [0.1, 0.15) is 48.9 Å². The molecule has 0 N–H and O–H groups in total. The van der Waals surface area contributed by atoms with E-state index in [0.717, 1.165) is 49.0 Å². The summed E-state index contributed by atoms with van der Waals surface area (Å²) in [5, 5.41) is 0. The van der Waals surface area contributed by atoms with Crippen LogP contribution in [0.4, 0.5) is 4.39 Å². The first-order valence-electron chi connectivity index (χ1n) is 10.6. The van der Waals surface area contributed by atoms with Crippen molar-refractivity contribution < 1.29 is 18.7 Å². The second-order valence-corrected chi connectivity index (χ2v) is 7.89. The summed E-state index contributed by atoms with van der Waals surface area (Å²) >= 11 is 0. The number of fused-ring (bicyclic) bond motifs is 1. The van der Waals surface area contributed by atoms with Gasteiger partial charge in [0, 0.05) is 26.1 Å². The fourth-order valence-corrected chi connectivity index (χ4v) is 4.39. The van der Waals surface area contributed by atoms with Crippen LogP contribution in [-0.2, 0) is 16.0 Å². The summed E-state index contributed by atoms with van der Waals surface area (Å²) < 4.78 is 19.8. The Morgan fingerprint density at radius 1 is 1.07 bits per heavy atom. The van der Waals surface area contributed by atoms with Crippen LogP contribution in [0.15, 0.2) is 42.5 Å². The van der Waals surface area contributed by atoms with Gasteiger partial charge in [-0.15, -0.1) is 0 Å². The number of amides is 2. The van der Waals surface area contributed by atoms with Gasteiger partial charge in [-0.3, -0.25) is 9.59 Å². The summed E-state index contributed by atoms with van der Waals surface area (Å²) in [4.78, 5) is 28.6. The molecule has 0 spiro atoms. The highest BCUT2D eigenvalue weighted by atomic mass is 19.1. The van der Waals surface area contributed by atoms with E-state index in [-0.39, 0.29) is 30.3 Å². The fourth-order valence-electron chi connectivity index (χ4n) is 4.39. The molecular weight excluding hydrogens is 383 g/mol. The first kappa shape index (κ1) is 20.4. The lowest BCUT2D eigenvalue weighted by Crippen LogP contribution is -2.40. The average Bonchev–Trinajstić information content (AvgIpc) is 3.31. The van der Waals surface area contributed by atoms with Crippen LogP contribution in [0.5, 0.6) is 5.75 Å². The molecule has 2 aromatic rings. The Balaban J connectivity index is 1.62. The quantitative estimate of drug-likeness (QED) is 0.755. The van der Waals surface area contributed by atoms with Crippen molar-refractivity contribution in [2.75, 3.05) is 26.2 Å². The molecule has 2 amide bonds. The molecule has 4 rings (SSSR count). The number of carbonyl (C=O) groups excluding carboxylic acids is 2. The van der Waals surface area contributed by atoms with Crippen LogP contribution in [0, 0.1) is 5.82 Å². The zero-order valence-electron chi connectivity index (χ0n) is 17.3. The molecule has 30 heavy (non-hydrogen) atoms. The van der Waals surface area contributed by atoms with Crippen molar-refractivity contribution in [2.24, 2.45) is 0 Å². The van der Waals surface area contributed by atoms with Crippen LogP contribution in [0.2, 0.25) is 0 Å². The minimum atomic E-state index is -0.366. The predicted molar refractivity (Wildman–Crippen MR) is 112 cm³/mol. The Hall–Kier alpha value is -2.89. The minimum Gasteiger partial charge on any atom is -0.484 e. The fraction of sp³-hybridized carbons (Fsp3) is 0.417. The largest absolute Gasteiger partial charge is 0.484 e. The van der Waals surface area contributed by atoms with Crippen LogP contribution in [0.25, 0.3) is 0 Å². The first-order valence-corrected chi connectivity index (χ1v) is 10.6. The summed E-state index contributed by atoms with van der Waals surface area (Å²) in [5.41, 5.74) is 2.78. The van der Waals surface area contributed by atoms with Crippen LogP contribution in [0.3, 0.4) is 0 Å². The number of nitrogens with zero attached hydrogens (tertiary/aromatic N) is 2. The Kier molecular flexibility index (Phi) is 6.02. The molecule has 0 aliphatic carbocycles. The Morgan fingerprint density at radius 2 is 1.87 bits per heavy atom. The highest BCUT2D eigenvalue weighted by molar-refractivity contribution is 5.78. The van der Waals surface area contributed by atoms with Gasteiger partial charge in [-0.1, -0.05) is 25.1 Å². The lowest BCUT2D eigenvalue weighted by molar-refractivity contribution is -0.133. The molecule has 0 aromatic heterocycles. The molecular formula is C24H27FN2O3. The maximum atomic E-state index is 14.0. The molecule has 6 heteroatoms. The van der Waals surface area contributed by atoms with Gasteiger partial charge in [-0.05, 0) is 60.2 Å². The highest BCUT2D eigenvalue weighted by Crippen LogP contribution is 2.37. The number of carbonyl (C=O) groups is 2. The lowest BCUT2D eigenvalue weighted by atomic mass is 9.87. The lowest BCUT2D eigenvalue weighted by Gasteiger charge is -2.38. The molecule has 2 aliphatic rings. The number of halogens is 1. The van der Waals surface area contributed by atoms with Gasteiger partial charge in [-0.2, -0.15) is 0 Å². The molecule has 0 radical (unpaired) electrons. The second-order valence-electron chi connectivity index (χ2n) is 7.89. The molecule has 2 heterocycles. The van der Waals surface area contributed by atoms with Gasteiger partial charge in [0.2, 0.25) is 5.91 Å². The minimum absolute atomic E-state index is 0.00102. The molecule has 0 bridgehead atoms. The Bertz CT molecular complexity index is 940. The molecule has 1 unspecified atom stereocenters. The standard InChI is InChI=1S/C24H27FN2O3/c1-2-22(28)27-13-10-17-8-9-20(30-16-23(29)26-11-3-4-12-26)15-21(17)24(27)18-6-5-7-19(25)14-18/h5-9,14-15,24H,2-4,10-13,16H2,1H3. The maximum absolute atomic E-state index is 14.0. The smallest absolute Gasteiger partial charge is 0.260 e. The van der Waals surface area contributed by atoms with E-state index in [9.17, 15) is 14.0 Å². The van der Waals surface area contributed by atoms with Crippen molar-refractivity contribution in [3.05, 3.63) is 65.0 Å². The van der Waals surface area contributed by atoms with E-state index in [1.54, 1.807) is 6.07 Å². The van der Waals surface area contributed by atoms with Gasteiger partial charge in [0.1, 0.15) is 11.6 Å². The number of hydrogen-bond acceptors (Lipinski definition) is 3. The molecule has 5 nitrogen and oxygen atoms in total. The third-order valence-corrected chi connectivity index (χ3v) is 5.95. The van der Waals surface area contributed by atoms with Crippen molar-refractivity contribution in [3.8, 4) is 5.75 Å². The average molecular weight is 410 g/mol. The van der Waals surface area contributed by atoms with Gasteiger partial charge in [0.15, 0.2) is 6.61 Å². The van der Waals surface area contributed by atoms with E-state index in [1.165, 1.54) is 12.1 Å². The third kappa shape index (κ3) is 4.18. The topological polar surface area (TPSA) is 49.9 Å². The summed E-state index contributed by atoms with van der Waals surface area (Å²) in [7, 11) is 0. The summed E-state index contributed by atoms with van der Waals surface area (Å²) in [6.45, 7) is 4.02. The van der Waals surface area contributed by atoms with E-state index < -0.39 is 0 Å². The molecule has 1 atom stereocenters. The maximum Gasteiger partial charge on any atom is 0.260 e. The Labute approximate surface area is 176 Å². The molecule has 2 aromatic carbocycles. The molecule has 1 fully saturated rings. The predicted octanol–water partition coefficient (Wildman–Crippen LogP) is 3.71. The SMILES string of the molecule is CCC(=O)N1CCc2ccc(OCC(=O)N3CCCC3)cc2C1c1cccc(F)c1. The first-order chi connectivity index (χ1) is 14.6. The van der Waals surface area contributed by atoms with Crippen molar-refractivity contribution in [1.82, 2.24) is 9.80 Å². The normalized spacial score (nSPS) is 18.3. The van der Waals surface area contributed by atoms with E-state index in [4.69, 9.17) is 4.74 Å². The molecule has 1 saturated heterocycles. The number of ether oxygens (including phenoxy) is 1. The molecule has 0 saturated carbocycles. The van der Waals surface area contributed by atoms with Gasteiger partial charge in [0.25, 0.3) is 5.91 Å². The van der Waals surface area contributed by atoms with Crippen molar-refractivity contribution >= 4 is 11.8 Å². The van der Waals surface area contributed by atoms with Crippen molar-refractivity contribution in [3.63, 3.8) is 0 Å². The van der Waals surface area contributed by atoms with E-state index in [1.807, 2.05) is 41.0 Å². The van der Waals surface area contributed by atoms with E-state index >= 15 is 0 Å². The summed E-state index contributed by atoms with van der Waals surface area (Å²) in [6.07, 6.45) is 3.21. The van der Waals surface area contributed by atoms with Crippen LogP contribution < -0.4 is 4.74 Å². The van der Waals surface area contributed by atoms with Crippen molar-refractivity contribution in [1.29, 1.82) is 0 Å². The van der Waals surface area contributed by atoms with Crippen LogP contribution in [-0.4, -0.2) is 47.9 Å². The molecule has 158 valence electrons. The van der Waals surface area contributed by atoms with Gasteiger partial charge >= 0.3 is 0 Å². The van der Waals surface area contributed by atoms with E-state index in [2.05, 4.69) is 0 Å². The number of benzene rings is 2. The number of hydrogen-bond donors (Lipinski definition) is 0. The zero-order valence-corrected chi connectivity index (χ0v) is 17.3. The third-order valence-electron chi connectivity index (χ3n) is 5.95. The van der Waals surface area contributed by atoms with Gasteiger partial charge in [-0.25, -0.2) is 4.39 Å². The summed E-state index contributed by atoms with van der Waals surface area (Å²) in [6, 6.07) is 11.8. The number of likely N-dealkylation sites (tertiary alicyclic amines) is 1. The van der Waals surface area contributed by atoms with Gasteiger partial charge < -0.3 is 14.5 Å². The Morgan fingerprint density at radius 3 is 2.60 bits per heavy atom. The number of rotatable bonds is 5. The highest BCUT2D eigenvalue weighted by Gasteiger charge is 2.32. The zero-order chi connectivity index (χ0) is 21.1. The monoisotopic (exact) mass is 410 g/mol. The summed E-state index contributed by atoms with van der Waals surface area (Å²) in [5.74, 6) is 0.292. The van der Waals surface area contributed by atoms with E-state index in [0.29, 0.717) is 18.7 Å². The van der Waals surface area contributed by atoms with Crippen molar-refractivity contribution in [2.45, 2.75) is 38.6 Å². The second kappa shape index (κ2) is 8.86. The molecule has 2 aliphatic heterocycles.